The zero-order valence-corrected chi connectivity index (χ0v) is 7.62. The lowest BCUT2D eigenvalue weighted by molar-refractivity contribution is 0.646. The first-order chi connectivity index (χ1) is 6.10. The summed E-state index contributed by atoms with van der Waals surface area (Å²) in [5.41, 5.74) is 12.1. The molecule has 0 bridgehead atoms. The third kappa shape index (κ3) is 2.05. The number of nitriles is 1. The highest BCUT2D eigenvalue weighted by Gasteiger charge is 2.19. The highest BCUT2D eigenvalue weighted by molar-refractivity contribution is 5.32. The molecule has 0 amide bonds. The van der Waals surface area contributed by atoms with Crippen molar-refractivity contribution in [1.29, 1.82) is 5.26 Å². The highest BCUT2D eigenvalue weighted by Crippen LogP contribution is 2.16. The van der Waals surface area contributed by atoms with Crippen LogP contribution in [-0.4, -0.2) is 0 Å². The maximum absolute atomic E-state index is 8.77. The molecule has 0 aliphatic heterocycles. The van der Waals surface area contributed by atoms with Crippen molar-refractivity contribution < 1.29 is 0 Å². The third-order valence-electron chi connectivity index (χ3n) is 2.02. The molecule has 0 aliphatic rings. The molecule has 1 unspecified atom stereocenters. The molecule has 0 aromatic heterocycles. The van der Waals surface area contributed by atoms with Gasteiger partial charge in [-0.1, -0.05) is 24.3 Å². The van der Waals surface area contributed by atoms with E-state index in [9.17, 15) is 0 Å². The molecule has 1 atom stereocenters. The molecule has 1 aromatic carbocycles. The van der Waals surface area contributed by atoms with E-state index in [0.717, 1.165) is 11.1 Å². The molecule has 1 aromatic rings. The lowest BCUT2D eigenvalue weighted by atomic mass is 9.94. The molecule has 4 N–H and O–H groups in total. The Morgan fingerprint density at radius 3 is 2.31 bits per heavy atom. The van der Waals surface area contributed by atoms with E-state index in [1.165, 1.54) is 0 Å². The topological polar surface area (TPSA) is 75.8 Å². The monoisotopic (exact) mass is 175 g/mol. The van der Waals surface area contributed by atoms with Gasteiger partial charge in [-0.25, -0.2) is 0 Å². The van der Waals surface area contributed by atoms with Crippen LogP contribution in [0.2, 0.25) is 0 Å². The Morgan fingerprint density at radius 1 is 1.38 bits per heavy atom. The second-order valence-electron chi connectivity index (χ2n) is 3.22. The molecule has 0 saturated carbocycles. The minimum atomic E-state index is -0.910. The Morgan fingerprint density at radius 2 is 1.92 bits per heavy atom. The maximum atomic E-state index is 8.77. The molecule has 0 spiro atoms. The first-order valence-corrected chi connectivity index (χ1v) is 4.10. The number of nitrogens with zero attached hydrogens (tertiary/aromatic N) is 1. The summed E-state index contributed by atoms with van der Waals surface area (Å²) in [5.74, 6) is 0. The molecule has 0 fully saturated rings. The molecule has 3 heteroatoms. The number of hydrogen-bond acceptors (Lipinski definition) is 3. The minimum Gasteiger partial charge on any atom is -0.326 e. The van der Waals surface area contributed by atoms with Gasteiger partial charge in [-0.2, -0.15) is 5.26 Å². The Hall–Kier alpha value is -1.37. The van der Waals surface area contributed by atoms with E-state index in [4.69, 9.17) is 16.7 Å². The molecule has 0 aliphatic carbocycles. The lowest BCUT2D eigenvalue weighted by Gasteiger charge is -2.15. The first-order valence-electron chi connectivity index (χ1n) is 4.10. The first kappa shape index (κ1) is 9.72. The van der Waals surface area contributed by atoms with Crippen molar-refractivity contribution in [2.45, 2.75) is 19.0 Å². The maximum Gasteiger partial charge on any atom is 0.126 e. The molecule has 0 saturated heterocycles. The van der Waals surface area contributed by atoms with Crippen LogP contribution in [0.3, 0.4) is 0 Å². The summed E-state index contributed by atoms with van der Waals surface area (Å²) < 4.78 is 0. The summed E-state index contributed by atoms with van der Waals surface area (Å²) in [6, 6.07) is 9.49. The van der Waals surface area contributed by atoms with E-state index in [0.29, 0.717) is 6.54 Å². The summed E-state index contributed by atoms with van der Waals surface area (Å²) in [4.78, 5) is 0. The van der Waals surface area contributed by atoms with E-state index in [1.807, 2.05) is 30.3 Å². The summed E-state index contributed by atoms with van der Waals surface area (Å²) in [6.07, 6.45) is 0. The van der Waals surface area contributed by atoms with Crippen molar-refractivity contribution in [3.05, 3.63) is 35.4 Å². The fourth-order valence-electron chi connectivity index (χ4n) is 1.05. The van der Waals surface area contributed by atoms with Crippen molar-refractivity contribution in [2.75, 3.05) is 0 Å². The highest BCUT2D eigenvalue weighted by atomic mass is 14.7. The Balaban J connectivity index is 3.00. The molecule has 0 radical (unpaired) electrons. The Labute approximate surface area is 78.0 Å². The second-order valence-corrected chi connectivity index (χ2v) is 3.22. The van der Waals surface area contributed by atoms with E-state index in [-0.39, 0.29) is 0 Å². The standard InChI is InChI=1S/C10H13N3/c1-10(13,7-12)9-4-2-8(6-11)3-5-9/h2-5H,6,11,13H2,1H3. The van der Waals surface area contributed by atoms with E-state index >= 15 is 0 Å². The zero-order chi connectivity index (χ0) is 9.90. The Kier molecular flexibility index (Phi) is 2.66. The normalized spacial score (nSPS) is 14.6. The molecule has 13 heavy (non-hydrogen) atoms. The van der Waals surface area contributed by atoms with Gasteiger partial charge in [-0.05, 0) is 18.1 Å². The largest absolute Gasteiger partial charge is 0.326 e. The second kappa shape index (κ2) is 3.56. The predicted molar refractivity (Wildman–Crippen MR) is 51.5 cm³/mol. The van der Waals surface area contributed by atoms with Gasteiger partial charge >= 0.3 is 0 Å². The number of hydrogen-bond donors (Lipinski definition) is 2. The van der Waals surface area contributed by atoms with Crippen LogP contribution >= 0.6 is 0 Å². The number of rotatable bonds is 2. The summed E-state index contributed by atoms with van der Waals surface area (Å²) in [5, 5.41) is 8.77. The van der Waals surface area contributed by atoms with Gasteiger partial charge in [0, 0.05) is 6.54 Å². The van der Waals surface area contributed by atoms with Crippen molar-refractivity contribution in [3.63, 3.8) is 0 Å². The van der Waals surface area contributed by atoms with Gasteiger partial charge in [0.2, 0.25) is 0 Å². The van der Waals surface area contributed by atoms with Crippen LogP contribution in [0.5, 0.6) is 0 Å². The summed E-state index contributed by atoms with van der Waals surface area (Å²) in [7, 11) is 0. The van der Waals surface area contributed by atoms with E-state index < -0.39 is 5.54 Å². The smallest absolute Gasteiger partial charge is 0.126 e. The van der Waals surface area contributed by atoms with Crippen LogP contribution in [0.4, 0.5) is 0 Å². The van der Waals surface area contributed by atoms with Crippen LogP contribution < -0.4 is 11.5 Å². The molecular formula is C10H13N3. The quantitative estimate of drug-likeness (QED) is 0.699. The predicted octanol–water partition coefficient (Wildman–Crippen LogP) is 0.843. The molecule has 68 valence electrons. The fourth-order valence-corrected chi connectivity index (χ4v) is 1.05. The van der Waals surface area contributed by atoms with Gasteiger partial charge in [0.25, 0.3) is 0 Å². The van der Waals surface area contributed by atoms with Gasteiger partial charge in [-0.3, -0.25) is 0 Å². The molecule has 3 nitrogen and oxygen atoms in total. The van der Waals surface area contributed by atoms with Gasteiger partial charge in [-0.15, -0.1) is 0 Å². The van der Waals surface area contributed by atoms with Gasteiger partial charge < -0.3 is 11.5 Å². The average Bonchev–Trinajstić information content (AvgIpc) is 2.18. The van der Waals surface area contributed by atoms with Crippen LogP contribution in [-0.2, 0) is 12.1 Å². The molecule has 1 rings (SSSR count). The van der Waals surface area contributed by atoms with Crippen molar-refractivity contribution in [3.8, 4) is 6.07 Å². The van der Waals surface area contributed by atoms with Gasteiger partial charge in [0.05, 0.1) is 6.07 Å². The summed E-state index contributed by atoms with van der Waals surface area (Å²) >= 11 is 0. The number of nitrogens with two attached hydrogens (primary N) is 2. The van der Waals surface area contributed by atoms with Crippen molar-refractivity contribution in [2.24, 2.45) is 11.5 Å². The van der Waals surface area contributed by atoms with Crippen LogP contribution in [0.1, 0.15) is 18.1 Å². The van der Waals surface area contributed by atoms with Crippen molar-refractivity contribution >= 4 is 0 Å². The minimum absolute atomic E-state index is 0.508. The van der Waals surface area contributed by atoms with Gasteiger partial charge in [0.15, 0.2) is 0 Å². The zero-order valence-electron chi connectivity index (χ0n) is 7.62. The average molecular weight is 175 g/mol. The molecular weight excluding hydrogens is 162 g/mol. The summed E-state index contributed by atoms with van der Waals surface area (Å²) in [6.45, 7) is 2.19. The lowest BCUT2D eigenvalue weighted by Crippen LogP contribution is -2.30. The third-order valence-corrected chi connectivity index (χ3v) is 2.02. The SMILES string of the molecule is CC(N)(C#N)c1ccc(CN)cc1. The van der Waals surface area contributed by atoms with E-state index in [1.54, 1.807) is 6.92 Å². The number of benzene rings is 1. The van der Waals surface area contributed by atoms with Crippen LogP contribution in [0.15, 0.2) is 24.3 Å². The van der Waals surface area contributed by atoms with E-state index in [2.05, 4.69) is 0 Å². The fraction of sp³-hybridized carbons (Fsp3) is 0.300. The molecule has 0 heterocycles. The van der Waals surface area contributed by atoms with Crippen LogP contribution in [0, 0.1) is 11.3 Å². The van der Waals surface area contributed by atoms with Gasteiger partial charge in [0.1, 0.15) is 5.54 Å². The van der Waals surface area contributed by atoms with Crippen molar-refractivity contribution in [1.82, 2.24) is 0 Å². The van der Waals surface area contributed by atoms with Crippen LogP contribution in [0.25, 0.3) is 0 Å². The Bertz CT molecular complexity index is 319.